The molecule has 0 fully saturated rings. The van der Waals surface area contributed by atoms with E-state index in [2.05, 4.69) is 48.0 Å². The summed E-state index contributed by atoms with van der Waals surface area (Å²) >= 11 is 0. The second kappa shape index (κ2) is 4.11. The van der Waals surface area contributed by atoms with Crippen molar-refractivity contribution in [2.45, 2.75) is 38.6 Å². The first kappa shape index (κ1) is 12.3. The van der Waals surface area contributed by atoms with Crippen LogP contribution in [0, 0.1) is 0 Å². The monoisotopic (exact) mass is 259 g/mol. The maximum absolute atomic E-state index is 4.81. The highest BCUT2D eigenvalue weighted by atomic mass is 15.4. The molecule has 0 spiro atoms. The molecule has 1 unspecified atom stereocenters. The van der Waals surface area contributed by atoms with Gasteiger partial charge in [0.05, 0.1) is 17.4 Å². The molecule has 1 N–H and O–H groups in total. The number of fused-ring (bicyclic) bond motifs is 1. The standard InChI is InChI=1S/C14H21N5/c1-14(2,3)12-9-13-15-7-5-11(19(13)17-12)10-6-8-16-18(10)4/h6,8-9,11,15H,5,7H2,1-4H3. The highest BCUT2D eigenvalue weighted by Gasteiger charge is 2.28. The number of aromatic nitrogens is 4. The molecule has 0 saturated heterocycles. The number of hydrogen-bond acceptors (Lipinski definition) is 3. The smallest absolute Gasteiger partial charge is 0.125 e. The van der Waals surface area contributed by atoms with Crippen molar-refractivity contribution >= 4 is 5.82 Å². The number of hydrogen-bond donors (Lipinski definition) is 1. The van der Waals surface area contributed by atoms with Crippen LogP contribution in [-0.4, -0.2) is 26.1 Å². The van der Waals surface area contributed by atoms with Crippen molar-refractivity contribution in [2.24, 2.45) is 7.05 Å². The SMILES string of the molecule is Cn1nccc1C1CCNc2cc(C(C)(C)C)nn21. The number of rotatable bonds is 1. The van der Waals surface area contributed by atoms with E-state index in [1.165, 1.54) is 5.69 Å². The Hall–Kier alpha value is -1.78. The van der Waals surface area contributed by atoms with Gasteiger partial charge in [-0.1, -0.05) is 20.8 Å². The van der Waals surface area contributed by atoms with Crippen LogP contribution >= 0.6 is 0 Å². The maximum atomic E-state index is 4.81. The minimum Gasteiger partial charge on any atom is -0.370 e. The lowest BCUT2D eigenvalue weighted by molar-refractivity contribution is 0.439. The lowest BCUT2D eigenvalue weighted by Gasteiger charge is -2.25. The number of aryl methyl sites for hydroxylation is 1. The van der Waals surface area contributed by atoms with Crippen molar-refractivity contribution in [3.05, 3.63) is 29.7 Å². The van der Waals surface area contributed by atoms with E-state index in [9.17, 15) is 0 Å². The summed E-state index contributed by atoms with van der Waals surface area (Å²) in [6.07, 6.45) is 2.89. The van der Waals surface area contributed by atoms with Gasteiger partial charge in [0.1, 0.15) is 5.82 Å². The quantitative estimate of drug-likeness (QED) is 0.855. The van der Waals surface area contributed by atoms with Crippen LogP contribution in [0.5, 0.6) is 0 Å². The Balaban J connectivity index is 2.05. The molecule has 3 heterocycles. The Kier molecular flexibility index (Phi) is 2.66. The van der Waals surface area contributed by atoms with E-state index in [1.54, 1.807) is 0 Å². The van der Waals surface area contributed by atoms with E-state index in [0.29, 0.717) is 0 Å². The zero-order valence-electron chi connectivity index (χ0n) is 12.0. The molecule has 5 nitrogen and oxygen atoms in total. The zero-order chi connectivity index (χ0) is 13.6. The highest BCUT2D eigenvalue weighted by Crippen LogP contribution is 2.32. The van der Waals surface area contributed by atoms with Gasteiger partial charge in [0.15, 0.2) is 0 Å². The summed E-state index contributed by atoms with van der Waals surface area (Å²) in [6.45, 7) is 7.56. The van der Waals surface area contributed by atoms with Gasteiger partial charge in [-0.15, -0.1) is 0 Å². The number of nitrogens with zero attached hydrogens (tertiary/aromatic N) is 4. The van der Waals surface area contributed by atoms with E-state index < -0.39 is 0 Å². The van der Waals surface area contributed by atoms with Gasteiger partial charge < -0.3 is 5.32 Å². The predicted octanol–water partition coefficient (Wildman–Crippen LogP) is 2.32. The zero-order valence-corrected chi connectivity index (χ0v) is 12.0. The summed E-state index contributed by atoms with van der Waals surface area (Å²) in [6, 6.07) is 4.53. The summed E-state index contributed by atoms with van der Waals surface area (Å²) < 4.78 is 4.05. The Bertz CT molecular complexity index is 587. The van der Waals surface area contributed by atoms with Gasteiger partial charge in [0.25, 0.3) is 0 Å². The molecule has 1 aliphatic rings. The first-order valence-electron chi connectivity index (χ1n) is 6.78. The van der Waals surface area contributed by atoms with Crippen LogP contribution in [0.2, 0.25) is 0 Å². The van der Waals surface area contributed by atoms with Gasteiger partial charge in [-0.3, -0.25) is 4.68 Å². The lowest BCUT2D eigenvalue weighted by atomic mass is 9.92. The molecule has 1 atom stereocenters. The van der Waals surface area contributed by atoms with Gasteiger partial charge in [-0.2, -0.15) is 10.2 Å². The van der Waals surface area contributed by atoms with E-state index in [1.807, 2.05) is 17.9 Å². The summed E-state index contributed by atoms with van der Waals surface area (Å²) in [5, 5.41) is 12.5. The largest absolute Gasteiger partial charge is 0.370 e. The van der Waals surface area contributed by atoms with Crippen LogP contribution in [0.1, 0.15) is 44.6 Å². The van der Waals surface area contributed by atoms with Crippen LogP contribution < -0.4 is 5.32 Å². The highest BCUT2D eigenvalue weighted by molar-refractivity contribution is 5.42. The second-order valence-corrected chi connectivity index (χ2v) is 6.22. The van der Waals surface area contributed by atoms with Gasteiger partial charge in [-0.25, -0.2) is 4.68 Å². The normalized spacial score (nSPS) is 19.1. The van der Waals surface area contributed by atoms with Gasteiger partial charge >= 0.3 is 0 Å². The van der Waals surface area contributed by atoms with Crippen LogP contribution in [0.4, 0.5) is 5.82 Å². The molecular formula is C14H21N5. The molecule has 3 rings (SSSR count). The lowest BCUT2D eigenvalue weighted by Crippen LogP contribution is -2.26. The molecule has 102 valence electrons. The Morgan fingerprint density at radius 2 is 2.16 bits per heavy atom. The van der Waals surface area contributed by atoms with Crippen molar-refractivity contribution in [1.29, 1.82) is 0 Å². The first-order chi connectivity index (χ1) is 8.97. The molecule has 2 aromatic rings. The molecular weight excluding hydrogens is 238 g/mol. The topological polar surface area (TPSA) is 47.7 Å². The first-order valence-corrected chi connectivity index (χ1v) is 6.78. The Morgan fingerprint density at radius 1 is 1.37 bits per heavy atom. The summed E-state index contributed by atoms with van der Waals surface area (Å²) in [5.74, 6) is 1.11. The third-order valence-electron chi connectivity index (χ3n) is 3.72. The molecule has 1 aliphatic heterocycles. The molecule has 0 amide bonds. The number of anilines is 1. The number of nitrogens with one attached hydrogen (secondary N) is 1. The Morgan fingerprint density at radius 3 is 2.79 bits per heavy atom. The van der Waals surface area contributed by atoms with E-state index in [-0.39, 0.29) is 11.5 Å². The van der Waals surface area contributed by atoms with Crippen LogP contribution in [0.15, 0.2) is 18.3 Å². The minimum absolute atomic E-state index is 0.0724. The van der Waals surface area contributed by atoms with Crippen LogP contribution in [-0.2, 0) is 12.5 Å². The predicted molar refractivity (Wildman–Crippen MR) is 75.4 cm³/mol. The van der Waals surface area contributed by atoms with Crippen molar-refractivity contribution in [2.75, 3.05) is 11.9 Å². The molecule has 5 heteroatoms. The Labute approximate surface area is 113 Å². The van der Waals surface area contributed by atoms with Gasteiger partial charge in [0, 0.05) is 31.3 Å². The van der Waals surface area contributed by atoms with Crippen LogP contribution in [0.25, 0.3) is 0 Å². The molecule has 0 bridgehead atoms. The van der Waals surface area contributed by atoms with E-state index in [0.717, 1.165) is 24.5 Å². The van der Waals surface area contributed by atoms with Crippen LogP contribution in [0.3, 0.4) is 0 Å². The molecule has 0 aromatic carbocycles. The van der Waals surface area contributed by atoms with Gasteiger partial charge in [0.2, 0.25) is 0 Å². The summed E-state index contributed by atoms with van der Waals surface area (Å²) in [4.78, 5) is 0. The summed E-state index contributed by atoms with van der Waals surface area (Å²) in [5.41, 5.74) is 2.42. The maximum Gasteiger partial charge on any atom is 0.125 e. The average molecular weight is 259 g/mol. The fraction of sp³-hybridized carbons (Fsp3) is 0.571. The fourth-order valence-electron chi connectivity index (χ4n) is 2.57. The van der Waals surface area contributed by atoms with E-state index in [4.69, 9.17) is 5.10 Å². The van der Waals surface area contributed by atoms with Gasteiger partial charge in [-0.05, 0) is 12.5 Å². The fourth-order valence-corrected chi connectivity index (χ4v) is 2.57. The van der Waals surface area contributed by atoms with Crippen molar-refractivity contribution in [3.63, 3.8) is 0 Å². The minimum atomic E-state index is 0.0724. The molecule has 0 radical (unpaired) electrons. The molecule has 0 saturated carbocycles. The van der Waals surface area contributed by atoms with E-state index >= 15 is 0 Å². The molecule has 19 heavy (non-hydrogen) atoms. The third-order valence-corrected chi connectivity index (χ3v) is 3.72. The van der Waals surface area contributed by atoms with Crippen molar-refractivity contribution < 1.29 is 0 Å². The van der Waals surface area contributed by atoms with Crippen molar-refractivity contribution in [1.82, 2.24) is 19.6 Å². The molecule has 0 aliphatic carbocycles. The molecule has 2 aromatic heterocycles. The second-order valence-electron chi connectivity index (χ2n) is 6.22. The average Bonchev–Trinajstić information content (AvgIpc) is 2.93. The summed E-state index contributed by atoms with van der Waals surface area (Å²) in [7, 11) is 1.99. The van der Waals surface area contributed by atoms with Crippen molar-refractivity contribution in [3.8, 4) is 0 Å². The third kappa shape index (κ3) is 2.03.